The first-order chi connectivity index (χ1) is 14.4. The Bertz CT molecular complexity index is 898. The Hall–Kier alpha value is -2.71. The molecular weight excluding hydrogens is 395 g/mol. The molecule has 1 aliphatic carbocycles. The van der Waals surface area contributed by atoms with Gasteiger partial charge in [0, 0.05) is 25.4 Å². The summed E-state index contributed by atoms with van der Waals surface area (Å²) in [4.78, 5) is 27.2. The molecule has 30 heavy (non-hydrogen) atoms. The third kappa shape index (κ3) is 4.71. The molecule has 1 saturated carbocycles. The van der Waals surface area contributed by atoms with Crippen molar-refractivity contribution in [1.82, 2.24) is 19.9 Å². The largest absolute Gasteiger partial charge is 0.416 e. The minimum Gasteiger partial charge on any atom is -0.334 e. The number of halogens is 3. The Labute approximate surface area is 172 Å². The van der Waals surface area contributed by atoms with E-state index >= 15 is 0 Å². The Balaban J connectivity index is 1.48. The lowest BCUT2D eigenvalue weighted by molar-refractivity contribution is -0.137. The summed E-state index contributed by atoms with van der Waals surface area (Å²) in [5.74, 6) is 0.822. The summed E-state index contributed by atoms with van der Waals surface area (Å²) in [5, 5.41) is 2.75. The molecule has 2 aromatic rings. The molecule has 0 bridgehead atoms. The first kappa shape index (κ1) is 20.6. The SMILES string of the molecule is O=C(CC1CCCC1)N1CCCC1c1ccnc(Nc2cc(C(F)(F)F)ccn2)n1. The van der Waals surface area contributed by atoms with E-state index < -0.39 is 11.7 Å². The molecule has 1 atom stereocenters. The highest BCUT2D eigenvalue weighted by atomic mass is 19.4. The standard InChI is InChI=1S/C21H24F3N5O/c22-21(23,24)15-7-9-25-18(13-15)28-20-26-10-8-16(27-20)17-6-3-11-29(17)19(30)12-14-4-1-2-5-14/h7-10,13-14,17H,1-6,11-12H2,(H,25,26,27,28). The molecule has 2 aliphatic rings. The molecule has 6 nitrogen and oxygen atoms in total. The average Bonchev–Trinajstić information content (AvgIpc) is 3.40. The van der Waals surface area contributed by atoms with Gasteiger partial charge in [0.15, 0.2) is 0 Å². The first-order valence-electron chi connectivity index (χ1n) is 10.3. The number of hydrogen-bond acceptors (Lipinski definition) is 5. The molecule has 1 aliphatic heterocycles. The van der Waals surface area contributed by atoms with Crippen molar-refractivity contribution in [2.24, 2.45) is 5.92 Å². The van der Waals surface area contributed by atoms with E-state index in [1.54, 1.807) is 12.3 Å². The van der Waals surface area contributed by atoms with Gasteiger partial charge in [-0.3, -0.25) is 4.79 Å². The maximum atomic E-state index is 12.9. The third-order valence-electron chi connectivity index (χ3n) is 5.86. The summed E-state index contributed by atoms with van der Waals surface area (Å²) >= 11 is 0. The van der Waals surface area contributed by atoms with E-state index in [2.05, 4.69) is 20.3 Å². The lowest BCUT2D eigenvalue weighted by Gasteiger charge is -2.25. The quantitative estimate of drug-likeness (QED) is 0.748. The van der Waals surface area contributed by atoms with Crippen molar-refractivity contribution in [3.05, 3.63) is 41.9 Å². The van der Waals surface area contributed by atoms with E-state index in [0.717, 1.165) is 44.0 Å². The number of alkyl halides is 3. The van der Waals surface area contributed by atoms with Gasteiger partial charge in [-0.05, 0) is 49.8 Å². The number of carbonyl (C=O) groups is 1. The third-order valence-corrected chi connectivity index (χ3v) is 5.86. The van der Waals surface area contributed by atoms with Crippen LogP contribution < -0.4 is 5.32 Å². The van der Waals surface area contributed by atoms with E-state index in [1.807, 2.05) is 4.90 Å². The highest BCUT2D eigenvalue weighted by Crippen LogP contribution is 2.35. The van der Waals surface area contributed by atoms with Crippen LogP contribution in [0, 0.1) is 5.92 Å². The number of nitrogens with zero attached hydrogens (tertiary/aromatic N) is 4. The summed E-state index contributed by atoms with van der Waals surface area (Å²) in [5.41, 5.74) is -0.104. The smallest absolute Gasteiger partial charge is 0.334 e. The average molecular weight is 419 g/mol. The van der Waals surface area contributed by atoms with Gasteiger partial charge in [-0.25, -0.2) is 15.0 Å². The van der Waals surface area contributed by atoms with Crippen molar-refractivity contribution in [3.63, 3.8) is 0 Å². The fourth-order valence-corrected chi connectivity index (χ4v) is 4.36. The van der Waals surface area contributed by atoms with Crippen molar-refractivity contribution >= 4 is 17.7 Å². The lowest BCUT2D eigenvalue weighted by atomic mass is 10.0. The highest BCUT2D eigenvalue weighted by molar-refractivity contribution is 5.77. The van der Waals surface area contributed by atoms with Crippen LogP contribution in [0.5, 0.6) is 0 Å². The van der Waals surface area contributed by atoms with Crippen LogP contribution in [-0.2, 0) is 11.0 Å². The fourth-order valence-electron chi connectivity index (χ4n) is 4.36. The molecule has 3 heterocycles. The number of nitrogens with one attached hydrogen (secondary N) is 1. The second-order valence-corrected chi connectivity index (χ2v) is 7.96. The fraction of sp³-hybridized carbons (Fsp3) is 0.524. The molecule has 2 fully saturated rings. The van der Waals surface area contributed by atoms with E-state index in [4.69, 9.17) is 0 Å². The van der Waals surface area contributed by atoms with Crippen molar-refractivity contribution < 1.29 is 18.0 Å². The predicted octanol–water partition coefficient (Wildman–Crippen LogP) is 4.88. The minimum atomic E-state index is -4.45. The van der Waals surface area contributed by atoms with Gasteiger partial charge in [0.05, 0.1) is 17.3 Å². The maximum Gasteiger partial charge on any atom is 0.416 e. The Morgan fingerprint density at radius 1 is 1.10 bits per heavy atom. The maximum absolute atomic E-state index is 12.9. The molecular formula is C21H24F3N5O. The Morgan fingerprint density at radius 3 is 2.63 bits per heavy atom. The summed E-state index contributed by atoms with van der Waals surface area (Å²) in [6.45, 7) is 0.707. The van der Waals surface area contributed by atoms with Gasteiger partial charge in [-0.2, -0.15) is 13.2 Å². The van der Waals surface area contributed by atoms with Crippen LogP contribution in [0.4, 0.5) is 24.9 Å². The van der Waals surface area contributed by atoms with Crippen LogP contribution in [0.1, 0.15) is 62.2 Å². The number of amides is 1. The van der Waals surface area contributed by atoms with Gasteiger partial charge in [-0.1, -0.05) is 12.8 Å². The molecule has 160 valence electrons. The monoisotopic (exact) mass is 419 g/mol. The molecule has 0 aromatic carbocycles. The minimum absolute atomic E-state index is 0.0163. The van der Waals surface area contributed by atoms with Crippen LogP contribution in [0.25, 0.3) is 0 Å². The van der Waals surface area contributed by atoms with Crippen LogP contribution >= 0.6 is 0 Å². The van der Waals surface area contributed by atoms with Crippen LogP contribution in [0.3, 0.4) is 0 Å². The summed E-state index contributed by atoms with van der Waals surface area (Å²) in [6, 6.07) is 3.46. The number of aromatic nitrogens is 3. The van der Waals surface area contributed by atoms with Crippen molar-refractivity contribution in [2.75, 3.05) is 11.9 Å². The number of rotatable bonds is 5. The normalized spacial score (nSPS) is 20.0. The number of hydrogen-bond donors (Lipinski definition) is 1. The van der Waals surface area contributed by atoms with E-state index in [9.17, 15) is 18.0 Å². The zero-order valence-electron chi connectivity index (χ0n) is 16.5. The molecule has 1 unspecified atom stereocenters. The molecule has 1 N–H and O–H groups in total. The summed E-state index contributed by atoms with van der Waals surface area (Å²) in [6.07, 6.45) is 5.14. The van der Waals surface area contributed by atoms with Crippen molar-refractivity contribution in [3.8, 4) is 0 Å². The number of anilines is 2. The van der Waals surface area contributed by atoms with Crippen molar-refractivity contribution in [1.29, 1.82) is 0 Å². The molecule has 2 aromatic heterocycles. The van der Waals surface area contributed by atoms with Gasteiger partial charge in [0.25, 0.3) is 0 Å². The lowest BCUT2D eigenvalue weighted by Crippen LogP contribution is -2.32. The van der Waals surface area contributed by atoms with E-state index in [1.165, 1.54) is 12.8 Å². The molecule has 1 saturated heterocycles. The summed E-state index contributed by atoms with van der Waals surface area (Å²) < 4.78 is 38.7. The second kappa shape index (κ2) is 8.57. The highest BCUT2D eigenvalue weighted by Gasteiger charge is 2.33. The van der Waals surface area contributed by atoms with Crippen molar-refractivity contribution in [2.45, 2.75) is 57.2 Å². The first-order valence-corrected chi connectivity index (χ1v) is 10.3. The molecule has 0 radical (unpaired) electrons. The zero-order valence-corrected chi connectivity index (χ0v) is 16.5. The topological polar surface area (TPSA) is 71.0 Å². The number of likely N-dealkylation sites (tertiary alicyclic amines) is 1. The van der Waals surface area contributed by atoms with E-state index in [0.29, 0.717) is 24.6 Å². The van der Waals surface area contributed by atoms with Gasteiger partial charge < -0.3 is 10.2 Å². The van der Waals surface area contributed by atoms with Crippen LogP contribution in [-0.4, -0.2) is 32.3 Å². The van der Waals surface area contributed by atoms with Gasteiger partial charge in [0.2, 0.25) is 11.9 Å². The van der Waals surface area contributed by atoms with Crippen LogP contribution in [0.15, 0.2) is 30.6 Å². The molecule has 4 rings (SSSR count). The van der Waals surface area contributed by atoms with Gasteiger partial charge in [0.1, 0.15) is 5.82 Å². The van der Waals surface area contributed by atoms with Gasteiger partial charge >= 0.3 is 6.18 Å². The molecule has 9 heteroatoms. The predicted molar refractivity (Wildman–Crippen MR) is 105 cm³/mol. The molecule has 1 amide bonds. The Morgan fingerprint density at radius 2 is 1.87 bits per heavy atom. The zero-order chi connectivity index (χ0) is 21.1. The molecule has 0 spiro atoms. The van der Waals surface area contributed by atoms with Crippen LogP contribution in [0.2, 0.25) is 0 Å². The second-order valence-electron chi connectivity index (χ2n) is 7.96. The number of carbonyl (C=O) groups excluding carboxylic acids is 1. The van der Waals surface area contributed by atoms with Gasteiger partial charge in [-0.15, -0.1) is 0 Å². The summed E-state index contributed by atoms with van der Waals surface area (Å²) in [7, 11) is 0. The van der Waals surface area contributed by atoms with E-state index in [-0.39, 0.29) is 23.7 Å². The Kier molecular flexibility index (Phi) is 5.87. The number of pyridine rings is 1.